The number of hydrogen-bond acceptors (Lipinski definition) is 3. The van der Waals surface area contributed by atoms with Crippen molar-refractivity contribution in [3.8, 4) is 0 Å². The number of nitrogens with zero attached hydrogens (tertiary/aromatic N) is 2. The topological polar surface area (TPSA) is 26.7 Å². The number of piperazine rings is 1. The predicted octanol–water partition coefficient (Wildman–Crippen LogP) is 3.98. The fourth-order valence-corrected chi connectivity index (χ4v) is 4.47. The van der Waals surface area contributed by atoms with Crippen molar-refractivity contribution in [2.75, 3.05) is 26.2 Å². The van der Waals surface area contributed by atoms with Crippen LogP contribution in [0.15, 0.2) is 91.0 Å². The second-order valence-corrected chi connectivity index (χ2v) is 8.15. The maximum atomic E-state index is 10.7. The van der Waals surface area contributed by atoms with Crippen LogP contribution in [0.25, 0.3) is 0 Å². The lowest BCUT2D eigenvalue weighted by atomic mass is 9.86. The van der Waals surface area contributed by atoms with Crippen LogP contribution in [0.4, 0.5) is 0 Å². The molecule has 29 heavy (non-hydrogen) atoms. The smallest absolute Gasteiger partial charge is 0.0631 e. The molecular formula is C26H30N2O. The predicted molar refractivity (Wildman–Crippen MR) is 119 cm³/mol. The summed E-state index contributed by atoms with van der Waals surface area (Å²) >= 11 is 0. The summed E-state index contributed by atoms with van der Waals surface area (Å²) < 4.78 is 0. The molecule has 3 heteroatoms. The van der Waals surface area contributed by atoms with Crippen LogP contribution < -0.4 is 0 Å². The highest BCUT2D eigenvalue weighted by molar-refractivity contribution is 5.21. The third-order valence-electron chi connectivity index (χ3n) is 6.01. The van der Waals surface area contributed by atoms with Gasteiger partial charge in [0.15, 0.2) is 0 Å². The molecule has 3 aromatic carbocycles. The summed E-state index contributed by atoms with van der Waals surface area (Å²) in [6.07, 6.45) is 0.850. The molecule has 3 nitrogen and oxygen atoms in total. The molecule has 1 unspecified atom stereocenters. The van der Waals surface area contributed by atoms with Crippen molar-refractivity contribution in [3.63, 3.8) is 0 Å². The van der Waals surface area contributed by atoms with Crippen LogP contribution in [0.3, 0.4) is 0 Å². The maximum Gasteiger partial charge on any atom is 0.0631 e. The van der Waals surface area contributed by atoms with Crippen LogP contribution in [0, 0.1) is 0 Å². The summed E-state index contributed by atoms with van der Waals surface area (Å²) in [6.45, 7) is 4.78. The molecule has 0 aliphatic carbocycles. The SMILES string of the molecule is OCC1(Cc2ccccc2)CN(Cc2ccccc2)CCN1Cc1ccccc1. The number of hydrogen-bond donors (Lipinski definition) is 1. The Kier molecular flexibility index (Phi) is 6.40. The first-order valence-corrected chi connectivity index (χ1v) is 10.5. The van der Waals surface area contributed by atoms with Crippen LogP contribution >= 0.6 is 0 Å². The zero-order chi connectivity index (χ0) is 19.9. The number of rotatable bonds is 7. The normalized spacial score (nSPS) is 20.6. The summed E-state index contributed by atoms with van der Waals surface area (Å²) in [4.78, 5) is 4.99. The average molecular weight is 387 g/mol. The standard InChI is InChI=1S/C26H30N2O/c29-22-26(18-23-10-4-1-5-11-23)21-27(19-24-12-6-2-7-13-24)16-17-28(26)20-25-14-8-3-9-15-25/h1-15,29H,16-22H2. The van der Waals surface area contributed by atoms with Crippen molar-refractivity contribution in [1.82, 2.24) is 9.80 Å². The monoisotopic (exact) mass is 386 g/mol. The van der Waals surface area contributed by atoms with Gasteiger partial charge in [-0.15, -0.1) is 0 Å². The molecule has 0 amide bonds. The molecule has 0 radical (unpaired) electrons. The van der Waals surface area contributed by atoms with E-state index in [0.717, 1.165) is 39.1 Å². The van der Waals surface area contributed by atoms with Crippen molar-refractivity contribution in [2.45, 2.75) is 25.0 Å². The lowest BCUT2D eigenvalue weighted by Crippen LogP contribution is -2.64. The zero-order valence-electron chi connectivity index (χ0n) is 17.0. The number of benzene rings is 3. The van der Waals surface area contributed by atoms with Crippen molar-refractivity contribution >= 4 is 0 Å². The second kappa shape index (κ2) is 9.36. The van der Waals surface area contributed by atoms with E-state index < -0.39 is 0 Å². The van der Waals surface area contributed by atoms with E-state index >= 15 is 0 Å². The van der Waals surface area contributed by atoms with Crippen LogP contribution in [-0.4, -0.2) is 46.7 Å². The number of aliphatic hydroxyl groups is 1. The van der Waals surface area contributed by atoms with E-state index in [2.05, 4.69) is 101 Å². The molecule has 1 heterocycles. The summed E-state index contributed by atoms with van der Waals surface area (Å²) in [5.74, 6) is 0. The van der Waals surface area contributed by atoms with Crippen LogP contribution in [0.1, 0.15) is 16.7 Å². The van der Waals surface area contributed by atoms with Crippen molar-refractivity contribution in [3.05, 3.63) is 108 Å². The zero-order valence-corrected chi connectivity index (χ0v) is 17.0. The Labute approximate surface area is 174 Å². The van der Waals surface area contributed by atoms with Gasteiger partial charge in [-0.1, -0.05) is 91.0 Å². The van der Waals surface area contributed by atoms with Gasteiger partial charge in [0.2, 0.25) is 0 Å². The first-order valence-electron chi connectivity index (χ1n) is 10.5. The van der Waals surface area contributed by atoms with Gasteiger partial charge in [0.05, 0.1) is 12.1 Å². The highest BCUT2D eigenvalue weighted by Crippen LogP contribution is 2.29. The van der Waals surface area contributed by atoms with E-state index in [1.807, 2.05) is 0 Å². The molecule has 0 aromatic heterocycles. The van der Waals surface area contributed by atoms with E-state index in [4.69, 9.17) is 0 Å². The van der Waals surface area contributed by atoms with Crippen molar-refractivity contribution in [2.24, 2.45) is 0 Å². The lowest BCUT2D eigenvalue weighted by Gasteiger charge is -2.50. The third kappa shape index (κ3) is 4.94. The van der Waals surface area contributed by atoms with Crippen LogP contribution in [-0.2, 0) is 19.5 Å². The Morgan fingerprint density at radius 2 is 1.17 bits per heavy atom. The minimum absolute atomic E-state index is 0.153. The molecule has 1 N–H and O–H groups in total. The van der Waals surface area contributed by atoms with Gasteiger partial charge in [-0.05, 0) is 23.1 Å². The van der Waals surface area contributed by atoms with Crippen LogP contribution in [0.2, 0.25) is 0 Å². The van der Waals surface area contributed by atoms with E-state index in [1.165, 1.54) is 16.7 Å². The molecule has 150 valence electrons. The molecule has 1 saturated heterocycles. The maximum absolute atomic E-state index is 10.7. The molecule has 0 spiro atoms. The van der Waals surface area contributed by atoms with Gasteiger partial charge in [0.1, 0.15) is 0 Å². The van der Waals surface area contributed by atoms with Gasteiger partial charge in [0, 0.05) is 32.7 Å². The molecule has 1 atom stereocenters. The first kappa shape index (κ1) is 19.8. The Morgan fingerprint density at radius 3 is 1.72 bits per heavy atom. The summed E-state index contributed by atoms with van der Waals surface area (Å²) in [5.41, 5.74) is 3.62. The number of aliphatic hydroxyl groups excluding tert-OH is 1. The summed E-state index contributed by atoms with van der Waals surface area (Å²) in [6, 6.07) is 31.8. The van der Waals surface area contributed by atoms with Crippen LogP contribution in [0.5, 0.6) is 0 Å². The Morgan fingerprint density at radius 1 is 0.655 bits per heavy atom. The van der Waals surface area contributed by atoms with E-state index in [9.17, 15) is 5.11 Å². The molecule has 0 saturated carbocycles. The lowest BCUT2D eigenvalue weighted by molar-refractivity contribution is -0.0451. The van der Waals surface area contributed by atoms with Gasteiger partial charge >= 0.3 is 0 Å². The quantitative estimate of drug-likeness (QED) is 0.665. The molecule has 1 aliphatic rings. The van der Waals surface area contributed by atoms with Gasteiger partial charge in [0.25, 0.3) is 0 Å². The molecule has 0 bridgehead atoms. The first-order chi connectivity index (χ1) is 14.3. The Balaban J connectivity index is 1.58. The Bertz CT molecular complexity index is 869. The fraction of sp³-hybridized carbons (Fsp3) is 0.308. The second-order valence-electron chi connectivity index (χ2n) is 8.15. The van der Waals surface area contributed by atoms with Crippen molar-refractivity contribution < 1.29 is 5.11 Å². The van der Waals surface area contributed by atoms with E-state index in [-0.39, 0.29) is 12.1 Å². The molecule has 3 aromatic rings. The van der Waals surface area contributed by atoms with Crippen molar-refractivity contribution in [1.29, 1.82) is 0 Å². The molecule has 1 fully saturated rings. The summed E-state index contributed by atoms with van der Waals surface area (Å²) in [5, 5.41) is 10.7. The van der Waals surface area contributed by atoms with Gasteiger partial charge in [-0.25, -0.2) is 0 Å². The highest BCUT2D eigenvalue weighted by atomic mass is 16.3. The van der Waals surface area contributed by atoms with Gasteiger partial charge in [-0.2, -0.15) is 0 Å². The van der Waals surface area contributed by atoms with Gasteiger partial charge in [-0.3, -0.25) is 9.80 Å². The molecular weight excluding hydrogens is 356 g/mol. The minimum Gasteiger partial charge on any atom is -0.394 e. The largest absolute Gasteiger partial charge is 0.394 e. The van der Waals surface area contributed by atoms with E-state index in [0.29, 0.717) is 0 Å². The molecule has 4 rings (SSSR count). The van der Waals surface area contributed by atoms with E-state index in [1.54, 1.807) is 0 Å². The fourth-order valence-electron chi connectivity index (χ4n) is 4.47. The highest BCUT2D eigenvalue weighted by Gasteiger charge is 2.41. The molecule has 1 aliphatic heterocycles. The third-order valence-corrected chi connectivity index (χ3v) is 6.01. The summed E-state index contributed by atoms with van der Waals surface area (Å²) in [7, 11) is 0. The Hall–Kier alpha value is -2.46. The minimum atomic E-state index is -0.287. The van der Waals surface area contributed by atoms with Gasteiger partial charge < -0.3 is 5.11 Å². The average Bonchev–Trinajstić information content (AvgIpc) is 2.78.